The highest BCUT2D eigenvalue weighted by Gasteiger charge is 2.66. The monoisotopic (exact) mass is 796 g/mol. The number of fused-ring (bicyclic) bond motifs is 2. The van der Waals surface area contributed by atoms with Gasteiger partial charge in [0.15, 0.2) is 5.60 Å². The van der Waals surface area contributed by atoms with Gasteiger partial charge in [-0.3, -0.25) is 14.3 Å². The van der Waals surface area contributed by atoms with Crippen molar-refractivity contribution in [1.82, 2.24) is 15.0 Å². The molecule has 1 fully saturated rings. The minimum Gasteiger partial charge on any atom is -0.399 e. The summed E-state index contributed by atoms with van der Waals surface area (Å²) in [5, 5.41) is 21.7. The van der Waals surface area contributed by atoms with Crippen molar-refractivity contribution in [1.29, 1.82) is 0 Å². The van der Waals surface area contributed by atoms with Crippen LogP contribution in [0.1, 0.15) is 52.0 Å². The van der Waals surface area contributed by atoms with Crippen LogP contribution in [0.5, 0.6) is 0 Å². The normalized spacial score (nSPS) is 21.6. The summed E-state index contributed by atoms with van der Waals surface area (Å²) in [5.74, 6) is -1.24. The van der Waals surface area contributed by atoms with Gasteiger partial charge in [0.05, 0.1) is 36.6 Å². The number of amides is 2. The molecule has 1 saturated heterocycles. The number of nitrogen functional groups attached to an aromatic ring is 1. The Bertz CT molecular complexity index is 2110. The maximum absolute atomic E-state index is 16.4. The average Bonchev–Trinajstić information content (AvgIpc) is 3.79. The van der Waals surface area contributed by atoms with Gasteiger partial charge in [-0.2, -0.15) is 0 Å². The second-order valence-electron chi connectivity index (χ2n) is 14.4. The van der Waals surface area contributed by atoms with E-state index in [-0.39, 0.29) is 30.9 Å². The number of nitrogens with two attached hydrogens (primary N) is 1. The van der Waals surface area contributed by atoms with Gasteiger partial charge in [-0.15, -0.1) is 5.10 Å². The molecule has 3 heterocycles. The Morgan fingerprint density at radius 2 is 1.79 bits per heavy atom. The fourth-order valence-corrected chi connectivity index (χ4v) is 11.0. The standard InChI is InChI=1S/C40H42BrFN6O4Si/c1-25-37(53(2,3)42)36(19-20-47-23-34(45-46-47)32(24-49)27-7-5-4-6-8-27)52-40(25)33-21-29(41)13-18-35(33)48(39(40)51)22-26-9-16-31(17-10-26)44-38(50)28-11-14-30(43)15-12-28/h4-18,21,23,25,32,36-37,49H,19-20,22,24,43H2,1-3H3,(H,44,50)/t25-,32?,36+,37-,40+/m0/s1. The summed E-state index contributed by atoms with van der Waals surface area (Å²) in [6.07, 6.45) is 1.69. The summed E-state index contributed by atoms with van der Waals surface area (Å²) >= 11 is 3.61. The molecule has 2 aliphatic rings. The molecule has 7 rings (SSSR count). The van der Waals surface area contributed by atoms with Gasteiger partial charge in [0.1, 0.15) is 0 Å². The molecule has 0 aliphatic carbocycles. The van der Waals surface area contributed by atoms with Crippen molar-refractivity contribution in [2.24, 2.45) is 5.92 Å². The van der Waals surface area contributed by atoms with E-state index in [2.05, 4.69) is 31.6 Å². The van der Waals surface area contributed by atoms with Crippen LogP contribution in [0.2, 0.25) is 18.6 Å². The van der Waals surface area contributed by atoms with Crippen LogP contribution in [0.3, 0.4) is 0 Å². The Morgan fingerprint density at radius 1 is 1.08 bits per heavy atom. The lowest BCUT2D eigenvalue weighted by atomic mass is 9.82. The molecule has 4 aromatic carbocycles. The van der Waals surface area contributed by atoms with Gasteiger partial charge < -0.3 is 29.9 Å². The molecule has 1 spiro atoms. The van der Waals surface area contributed by atoms with Gasteiger partial charge in [-0.1, -0.05) is 70.5 Å². The number of nitrogens with zero attached hydrogens (tertiary/aromatic N) is 4. The topological polar surface area (TPSA) is 136 Å². The van der Waals surface area contributed by atoms with Crippen molar-refractivity contribution in [3.8, 4) is 0 Å². The van der Waals surface area contributed by atoms with Crippen molar-refractivity contribution in [2.75, 3.05) is 22.6 Å². The first-order valence-electron chi connectivity index (χ1n) is 17.7. The minimum absolute atomic E-state index is 0.114. The number of aromatic nitrogens is 3. The average molecular weight is 798 g/mol. The lowest BCUT2D eigenvalue weighted by molar-refractivity contribution is -0.146. The quantitative estimate of drug-likeness (QED) is 0.0720. The Labute approximate surface area is 317 Å². The van der Waals surface area contributed by atoms with Gasteiger partial charge in [-0.05, 0) is 85.2 Å². The molecule has 53 heavy (non-hydrogen) atoms. The first-order chi connectivity index (χ1) is 25.4. The maximum atomic E-state index is 16.4. The maximum Gasteiger partial charge on any atom is 0.264 e. The predicted molar refractivity (Wildman–Crippen MR) is 209 cm³/mol. The van der Waals surface area contributed by atoms with Crippen LogP contribution >= 0.6 is 15.9 Å². The van der Waals surface area contributed by atoms with Gasteiger partial charge in [0, 0.05) is 51.2 Å². The summed E-state index contributed by atoms with van der Waals surface area (Å²) in [6.45, 7) is 5.88. The van der Waals surface area contributed by atoms with Crippen LogP contribution in [0.4, 0.5) is 21.2 Å². The van der Waals surface area contributed by atoms with E-state index in [1.165, 1.54) is 0 Å². The van der Waals surface area contributed by atoms with Gasteiger partial charge >= 0.3 is 0 Å². The SMILES string of the molecule is C[C@H]1[C@H]([Si](C)(C)F)[C@@H](CCn2cc(C(CO)c3ccccc3)nn2)O[C@]12C(=O)N(Cc1ccc(NC(=O)c3ccc(N)cc3)cc1)c1ccc(Br)cc12. The second-order valence-corrected chi connectivity index (χ2v) is 19.1. The third-order valence-electron chi connectivity index (χ3n) is 10.6. The Balaban J connectivity index is 1.12. The van der Waals surface area contributed by atoms with Crippen LogP contribution in [-0.2, 0) is 28.2 Å². The van der Waals surface area contributed by atoms with Crippen LogP contribution in [0, 0.1) is 5.92 Å². The highest BCUT2D eigenvalue weighted by Crippen LogP contribution is 2.60. The van der Waals surface area contributed by atoms with Crippen molar-refractivity contribution in [2.45, 2.75) is 62.7 Å². The number of hydrogen-bond donors (Lipinski definition) is 3. The Morgan fingerprint density at radius 3 is 2.47 bits per heavy atom. The molecule has 0 bridgehead atoms. The zero-order chi connectivity index (χ0) is 37.5. The number of anilines is 3. The summed E-state index contributed by atoms with van der Waals surface area (Å²) < 4.78 is 25.8. The highest BCUT2D eigenvalue weighted by atomic mass is 79.9. The van der Waals surface area contributed by atoms with E-state index in [1.807, 2.05) is 73.8 Å². The lowest BCUT2D eigenvalue weighted by Gasteiger charge is -2.31. The number of halogens is 2. The van der Waals surface area contributed by atoms with E-state index in [0.29, 0.717) is 35.6 Å². The van der Waals surface area contributed by atoms with Gasteiger partial charge in [0.2, 0.25) is 8.41 Å². The van der Waals surface area contributed by atoms with E-state index in [4.69, 9.17) is 10.5 Å². The van der Waals surface area contributed by atoms with E-state index in [1.54, 1.807) is 59.1 Å². The Hall–Kier alpha value is -4.69. The number of ether oxygens (including phenoxy) is 1. The van der Waals surface area contributed by atoms with E-state index >= 15 is 4.11 Å². The fraction of sp³-hybridized carbons (Fsp3) is 0.300. The smallest absolute Gasteiger partial charge is 0.264 e. The molecule has 0 radical (unpaired) electrons. The number of carbonyl (C=O) groups is 2. The van der Waals surface area contributed by atoms with Crippen LogP contribution in [0.25, 0.3) is 0 Å². The number of benzene rings is 4. The molecule has 10 nitrogen and oxygen atoms in total. The molecule has 2 aliphatic heterocycles. The molecule has 13 heteroatoms. The van der Waals surface area contributed by atoms with Crippen molar-refractivity contribution in [3.05, 3.63) is 136 Å². The third kappa shape index (κ3) is 7.06. The molecule has 0 saturated carbocycles. The molecular formula is C40H42BrFN6O4Si. The molecule has 5 aromatic rings. The lowest BCUT2D eigenvalue weighted by Crippen LogP contribution is -2.45. The van der Waals surface area contributed by atoms with Crippen molar-refractivity contribution < 1.29 is 23.5 Å². The zero-order valence-corrected chi connectivity index (χ0v) is 32.3. The zero-order valence-electron chi connectivity index (χ0n) is 29.7. The van der Waals surface area contributed by atoms with E-state index in [9.17, 15) is 14.7 Å². The molecule has 1 unspecified atom stereocenters. The molecule has 4 N–H and O–H groups in total. The van der Waals surface area contributed by atoms with Gasteiger partial charge in [0.25, 0.3) is 11.8 Å². The molecule has 1 aromatic heterocycles. The highest BCUT2D eigenvalue weighted by molar-refractivity contribution is 9.10. The summed E-state index contributed by atoms with van der Waals surface area (Å²) in [7, 11) is -3.38. The first-order valence-corrected chi connectivity index (χ1v) is 21.4. The van der Waals surface area contributed by atoms with Crippen LogP contribution in [0.15, 0.2) is 108 Å². The first kappa shape index (κ1) is 36.7. The minimum atomic E-state index is -3.38. The molecule has 2 amide bonds. The van der Waals surface area contributed by atoms with Crippen molar-refractivity contribution >= 4 is 53.2 Å². The summed E-state index contributed by atoms with van der Waals surface area (Å²) in [5.41, 5.74) is 9.47. The van der Waals surface area contributed by atoms with Crippen LogP contribution < -0.4 is 16.0 Å². The number of hydrogen-bond acceptors (Lipinski definition) is 7. The number of carbonyl (C=O) groups excluding carboxylic acids is 2. The molecule has 274 valence electrons. The van der Waals surface area contributed by atoms with Crippen molar-refractivity contribution in [3.63, 3.8) is 0 Å². The number of aliphatic hydroxyl groups is 1. The predicted octanol–water partition coefficient (Wildman–Crippen LogP) is 7.41. The fourth-order valence-electron chi connectivity index (χ4n) is 8.06. The number of nitrogens with one attached hydrogen (secondary N) is 1. The number of aliphatic hydroxyl groups excluding tert-OH is 1. The third-order valence-corrected chi connectivity index (χ3v) is 13.5. The second kappa shape index (κ2) is 14.6. The van der Waals surface area contributed by atoms with Gasteiger partial charge in [-0.25, -0.2) is 0 Å². The molecular weight excluding hydrogens is 755 g/mol. The largest absolute Gasteiger partial charge is 0.399 e. The van der Waals surface area contributed by atoms with E-state index < -0.39 is 31.6 Å². The number of aryl methyl sites for hydroxylation is 1. The summed E-state index contributed by atoms with van der Waals surface area (Å²) in [6, 6.07) is 29.4. The Kier molecular flexibility index (Phi) is 10.1. The van der Waals surface area contributed by atoms with E-state index in [0.717, 1.165) is 26.9 Å². The number of rotatable bonds is 11. The van der Waals surface area contributed by atoms with Crippen LogP contribution in [-0.4, -0.2) is 53.0 Å². The summed E-state index contributed by atoms with van der Waals surface area (Å²) in [4.78, 5) is 29.3. The molecule has 5 atom stereocenters.